The molecule has 0 aromatic rings. The van der Waals surface area contributed by atoms with E-state index in [0.717, 1.165) is 32.1 Å². The minimum atomic E-state index is -0.911. The molecule has 1 N–H and O–H groups in total. The number of hydrogen-bond acceptors (Lipinski definition) is 2. The van der Waals surface area contributed by atoms with Gasteiger partial charge in [-0.05, 0) is 57.8 Å². The Morgan fingerprint density at radius 2 is 1.67 bits per heavy atom. The zero-order chi connectivity index (χ0) is 20.3. The van der Waals surface area contributed by atoms with Gasteiger partial charge in [0.25, 0.3) is 5.54 Å². The van der Waals surface area contributed by atoms with E-state index in [1.54, 1.807) is 0 Å². The molecule has 0 amide bonds. The summed E-state index contributed by atoms with van der Waals surface area (Å²) in [4.78, 5) is 7.81. The number of hydrogen-bond donors (Lipinski definition) is 1. The molecule has 1 saturated heterocycles. The molecule has 1 aliphatic heterocycles. The van der Waals surface area contributed by atoms with E-state index in [0.29, 0.717) is 6.42 Å². The van der Waals surface area contributed by atoms with Gasteiger partial charge in [0, 0.05) is 33.1 Å². The van der Waals surface area contributed by atoms with E-state index in [-0.39, 0.29) is 34.8 Å². The summed E-state index contributed by atoms with van der Waals surface area (Å²) in [6.45, 7) is 25.3. The van der Waals surface area contributed by atoms with Crippen LogP contribution in [0.3, 0.4) is 0 Å². The number of nitrogens with zero attached hydrogens (tertiary/aromatic N) is 2. The van der Waals surface area contributed by atoms with Crippen LogP contribution in [0.5, 0.6) is 0 Å². The monoisotopic (exact) mass is 392 g/mol. The molecule has 0 spiro atoms. The summed E-state index contributed by atoms with van der Waals surface area (Å²) in [5.41, 5.74) is -2.20. The van der Waals surface area contributed by atoms with Crippen molar-refractivity contribution < 1.29 is 9.84 Å². The Morgan fingerprint density at radius 1 is 1.04 bits per heavy atom. The van der Waals surface area contributed by atoms with Crippen molar-refractivity contribution in [1.82, 2.24) is 0 Å². The molecule has 1 heterocycles. The molecule has 8 atom stereocenters. The van der Waals surface area contributed by atoms with Crippen LogP contribution in [0.25, 0.3) is 9.69 Å². The van der Waals surface area contributed by atoms with Crippen molar-refractivity contribution in [2.75, 3.05) is 0 Å². The molecular formula is C22H33ClN2O2. The van der Waals surface area contributed by atoms with Crippen LogP contribution >= 0.6 is 11.6 Å². The largest absolute Gasteiger partial charge is 0.389 e. The van der Waals surface area contributed by atoms with Crippen LogP contribution in [0.1, 0.15) is 73.1 Å². The first-order valence-electron chi connectivity index (χ1n) is 10.2. The molecule has 2 saturated carbocycles. The lowest BCUT2D eigenvalue weighted by Gasteiger charge is -2.55. The van der Waals surface area contributed by atoms with Crippen molar-refractivity contribution >= 4 is 11.6 Å². The Kier molecular flexibility index (Phi) is 5.13. The molecule has 3 fully saturated rings. The number of ether oxygens (including phenoxy) is 1. The number of halogens is 1. The molecule has 27 heavy (non-hydrogen) atoms. The smallest absolute Gasteiger partial charge is 0.252 e. The standard InChI is InChI=1S/C22H33ClN2O2/c1-19(2,24-6)16-10-13-22(5,27-16)15-8-11-20(3,25-7)14-9-12-21(4,26)18(23)17(14)15/h14-18,26H,8-13H2,1-5H3/t14-,15?,16?,17?,18+,20-,21+,22+/m0/s1. The lowest BCUT2D eigenvalue weighted by molar-refractivity contribution is -0.142. The number of fused-ring (bicyclic) bond motifs is 1. The lowest BCUT2D eigenvalue weighted by atomic mass is 9.53. The second-order valence-electron chi connectivity index (χ2n) is 10.3. The molecule has 0 radical (unpaired) electrons. The summed E-state index contributed by atoms with van der Waals surface area (Å²) in [6, 6.07) is 0. The number of rotatable bonds is 2. The predicted octanol–water partition coefficient (Wildman–Crippen LogP) is 5.09. The summed E-state index contributed by atoms with van der Waals surface area (Å²) in [5, 5.41) is 10.5. The van der Waals surface area contributed by atoms with Crippen LogP contribution in [0.2, 0.25) is 0 Å². The van der Waals surface area contributed by atoms with Gasteiger partial charge in [0.15, 0.2) is 0 Å². The molecule has 4 nitrogen and oxygen atoms in total. The topological polar surface area (TPSA) is 38.2 Å². The Morgan fingerprint density at radius 3 is 2.26 bits per heavy atom. The SMILES string of the molecule is [C-]#[N+]C(C)(C)C1CC[C@](C)(C2CC[C@](C)([N+]#[C-])[C@H]3CC[C@@](C)(O)[C@H](Cl)C23)O1. The van der Waals surface area contributed by atoms with Crippen molar-refractivity contribution in [2.45, 2.75) is 107 Å². The highest BCUT2D eigenvalue weighted by Crippen LogP contribution is 2.59. The molecule has 2 aliphatic carbocycles. The summed E-state index contributed by atoms with van der Waals surface area (Å²) in [5.74, 6) is 0.450. The Labute approximate surface area is 169 Å². The van der Waals surface area contributed by atoms with E-state index in [4.69, 9.17) is 29.5 Å². The molecule has 3 unspecified atom stereocenters. The van der Waals surface area contributed by atoms with E-state index in [1.165, 1.54) is 0 Å². The average Bonchev–Trinajstić information content (AvgIpc) is 3.02. The van der Waals surface area contributed by atoms with Crippen molar-refractivity contribution in [3.63, 3.8) is 0 Å². The normalized spacial score (nSPS) is 50.5. The van der Waals surface area contributed by atoms with E-state index < -0.39 is 16.7 Å². The van der Waals surface area contributed by atoms with Crippen molar-refractivity contribution in [3.05, 3.63) is 22.8 Å². The van der Waals surface area contributed by atoms with E-state index in [1.807, 2.05) is 20.8 Å². The molecule has 0 aromatic heterocycles. The number of alkyl halides is 1. The minimum absolute atomic E-state index is 0.0584. The minimum Gasteiger partial charge on any atom is -0.389 e. The lowest BCUT2D eigenvalue weighted by Crippen LogP contribution is -2.61. The van der Waals surface area contributed by atoms with E-state index in [9.17, 15) is 5.11 Å². The van der Waals surface area contributed by atoms with Gasteiger partial charge in [-0.1, -0.05) is 0 Å². The van der Waals surface area contributed by atoms with Crippen LogP contribution in [0.15, 0.2) is 0 Å². The van der Waals surface area contributed by atoms with E-state index in [2.05, 4.69) is 23.5 Å². The van der Waals surface area contributed by atoms with Gasteiger partial charge < -0.3 is 19.5 Å². The van der Waals surface area contributed by atoms with Crippen LogP contribution in [-0.4, -0.2) is 38.9 Å². The highest BCUT2D eigenvalue weighted by atomic mass is 35.5. The van der Waals surface area contributed by atoms with Crippen LogP contribution in [0, 0.1) is 30.9 Å². The quantitative estimate of drug-likeness (QED) is 0.524. The highest BCUT2D eigenvalue weighted by molar-refractivity contribution is 6.21. The third-order valence-electron chi connectivity index (χ3n) is 8.01. The second-order valence-corrected chi connectivity index (χ2v) is 10.8. The maximum absolute atomic E-state index is 10.9. The fraction of sp³-hybridized carbons (Fsp3) is 0.909. The highest BCUT2D eigenvalue weighted by Gasteiger charge is 2.63. The molecule has 0 bridgehead atoms. The Bertz CT molecular complexity index is 679. The predicted molar refractivity (Wildman–Crippen MR) is 107 cm³/mol. The summed E-state index contributed by atoms with van der Waals surface area (Å²) >= 11 is 6.90. The van der Waals surface area contributed by atoms with Gasteiger partial charge in [-0.3, -0.25) is 0 Å². The average molecular weight is 393 g/mol. The molecule has 3 aliphatic rings. The third kappa shape index (κ3) is 3.29. The first-order valence-corrected chi connectivity index (χ1v) is 10.7. The van der Waals surface area contributed by atoms with Crippen molar-refractivity contribution in [3.8, 4) is 0 Å². The first kappa shape index (κ1) is 20.9. The molecule has 3 rings (SSSR count). The fourth-order valence-corrected chi connectivity index (χ4v) is 6.45. The van der Waals surface area contributed by atoms with Crippen LogP contribution < -0.4 is 0 Å². The van der Waals surface area contributed by atoms with Crippen LogP contribution in [0.4, 0.5) is 0 Å². The van der Waals surface area contributed by atoms with Crippen molar-refractivity contribution in [2.24, 2.45) is 17.8 Å². The fourth-order valence-electron chi connectivity index (χ4n) is 5.99. The van der Waals surface area contributed by atoms with Gasteiger partial charge in [-0.15, -0.1) is 11.6 Å². The van der Waals surface area contributed by atoms with Crippen LogP contribution in [-0.2, 0) is 4.74 Å². The summed E-state index contributed by atoms with van der Waals surface area (Å²) in [7, 11) is 0. The Balaban J connectivity index is 1.94. The van der Waals surface area contributed by atoms with Crippen molar-refractivity contribution in [1.29, 1.82) is 0 Å². The zero-order valence-corrected chi connectivity index (χ0v) is 18.0. The zero-order valence-electron chi connectivity index (χ0n) is 17.3. The first-order chi connectivity index (χ1) is 12.4. The summed E-state index contributed by atoms with van der Waals surface area (Å²) < 4.78 is 6.58. The third-order valence-corrected chi connectivity index (χ3v) is 8.77. The molecular weight excluding hydrogens is 360 g/mol. The van der Waals surface area contributed by atoms with Gasteiger partial charge >= 0.3 is 0 Å². The molecule has 0 aromatic carbocycles. The van der Waals surface area contributed by atoms with Gasteiger partial charge in [-0.2, -0.15) is 0 Å². The van der Waals surface area contributed by atoms with Gasteiger partial charge in [-0.25, -0.2) is 13.1 Å². The Hall–Kier alpha value is -0.810. The molecule has 5 heteroatoms. The van der Waals surface area contributed by atoms with Gasteiger partial charge in [0.05, 0.1) is 16.6 Å². The van der Waals surface area contributed by atoms with Gasteiger partial charge in [0.1, 0.15) is 6.10 Å². The molecule has 150 valence electrons. The number of aliphatic hydroxyl groups is 1. The van der Waals surface area contributed by atoms with Gasteiger partial charge in [0.2, 0.25) is 5.54 Å². The second kappa shape index (κ2) is 6.62. The maximum Gasteiger partial charge on any atom is 0.252 e. The summed E-state index contributed by atoms with van der Waals surface area (Å²) in [6.07, 6.45) is 4.93. The van der Waals surface area contributed by atoms with E-state index >= 15 is 0 Å². The maximum atomic E-state index is 10.9.